The number of amides is 2. The lowest BCUT2D eigenvalue weighted by Crippen LogP contribution is -2.39. The Kier molecular flexibility index (Phi) is 7.16. The summed E-state index contributed by atoms with van der Waals surface area (Å²) in [5, 5.41) is 9.46. The van der Waals surface area contributed by atoms with Crippen LogP contribution in [0.25, 0.3) is 11.5 Å². The van der Waals surface area contributed by atoms with Crippen LogP contribution in [0.15, 0.2) is 63.6 Å². The molecule has 0 aliphatic heterocycles. The zero-order chi connectivity index (χ0) is 19.8. The molecule has 2 aromatic carbocycles. The van der Waals surface area contributed by atoms with Crippen molar-refractivity contribution in [3.05, 3.63) is 70.5 Å². The topological polar surface area (TPSA) is 83.3 Å². The molecule has 28 heavy (non-hydrogen) atoms. The molecule has 8 heteroatoms. The summed E-state index contributed by atoms with van der Waals surface area (Å²) in [6.45, 7) is 2.33. The second-order valence-electron chi connectivity index (χ2n) is 6.36. The van der Waals surface area contributed by atoms with Gasteiger partial charge in [-0.05, 0) is 30.8 Å². The van der Waals surface area contributed by atoms with E-state index >= 15 is 0 Å². The number of benzene rings is 2. The lowest BCUT2D eigenvalue weighted by molar-refractivity contribution is 0.237. The summed E-state index contributed by atoms with van der Waals surface area (Å²) in [4.78, 5) is 18.4. The molecule has 3 aromatic rings. The van der Waals surface area contributed by atoms with Crippen molar-refractivity contribution in [2.24, 2.45) is 0 Å². The second-order valence-corrected chi connectivity index (χ2v) is 7.27. The van der Waals surface area contributed by atoms with Gasteiger partial charge in [0.2, 0.25) is 0 Å². The van der Waals surface area contributed by atoms with E-state index in [1.807, 2.05) is 49.5 Å². The third kappa shape index (κ3) is 6.17. The van der Waals surface area contributed by atoms with Crippen molar-refractivity contribution in [1.82, 2.24) is 25.7 Å². The maximum Gasteiger partial charge on any atom is 0.315 e. The van der Waals surface area contributed by atoms with Crippen LogP contribution in [0.3, 0.4) is 0 Å². The summed E-state index contributed by atoms with van der Waals surface area (Å²) in [6, 6.07) is 17.5. The predicted molar refractivity (Wildman–Crippen MR) is 110 cm³/mol. The quantitative estimate of drug-likeness (QED) is 0.556. The molecule has 1 aromatic heterocycles. The molecular weight excluding hydrogens is 422 g/mol. The van der Waals surface area contributed by atoms with Gasteiger partial charge in [0.05, 0.1) is 6.54 Å². The Morgan fingerprint density at radius 1 is 1.14 bits per heavy atom. The lowest BCUT2D eigenvalue weighted by Gasteiger charge is -2.17. The largest absolute Gasteiger partial charge is 0.337 e. The van der Waals surface area contributed by atoms with Gasteiger partial charge < -0.3 is 20.1 Å². The van der Waals surface area contributed by atoms with Crippen molar-refractivity contribution < 1.29 is 9.32 Å². The molecule has 3 rings (SSSR count). The molecular formula is C20H22BrN5O2. The van der Waals surface area contributed by atoms with Crippen LogP contribution in [0, 0.1) is 0 Å². The third-order valence-electron chi connectivity index (χ3n) is 4.02. The van der Waals surface area contributed by atoms with Gasteiger partial charge in [-0.2, -0.15) is 4.98 Å². The highest BCUT2D eigenvalue weighted by molar-refractivity contribution is 9.10. The highest BCUT2D eigenvalue weighted by Crippen LogP contribution is 2.21. The highest BCUT2D eigenvalue weighted by Gasteiger charge is 2.10. The smallest absolute Gasteiger partial charge is 0.315 e. The molecule has 2 N–H and O–H groups in total. The number of hydrogen-bond donors (Lipinski definition) is 2. The Morgan fingerprint density at radius 2 is 1.96 bits per heavy atom. The molecule has 0 unspecified atom stereocenters. The average molecular weight is 444 g/mol. The molecule has 0 aliphatic rings. The number of aromatic nitrogens is 2. The van der Waals surface area contributed by atoms with E-state index in [1.165, 1.54) is 5.56 Å². The van der Waals surface area contributed by atoms with Gasteiger partial charge in [0.15, 0.2) is 5.82 Å². The van der Waals surface area contributed by atoms with E-state index in [2.05, 4.69) is 53.7 Å². The zero-order valence-corrected chi connectivity index (χ0v) is 17.1. The van der Waals surface area contributed by atoms with Crippen molar-refractivity contribution in [3.8, 4) is 11.5 Å². The van der Waals surface area contributed by atoms with Gasteiger partial charge in [0.1, 0.15) is 0 Å². The van der Waals surface area contributed by atoms with Gasteiger partial charge in [0, 0.05) is 29.7 Å². The Balaban J connectivity index is 1.38. The summed E-state index contributed by atoms with van der Waals surface area (Å²) < 4.78 is 6.18. The minimum atomic E-state index is -0.262. The first-order chi connectivity index (χ1) is 13.6. The van der Waals surface area contributed by atoms with Crippen LogP contribution in [-0.4, -0.2) is 41.2 Å². The van der Waals surface area contributed by atoms with Crippen LogP contribution in [0.5, 0.6) is 0 Å². The van der Waals surface area contributed by atoms with Crippen LogP contribution in [0.2, 0.25) is 0 Å². The molecule has 0 aliphatic carbocycles. The van der Waals surface area contributed by atoms with Gasteiger partial charge in [-0.25, -0.2) is 4.79 Å². The molecule has 0 atom stereocenters. The van der Waals surface area contributed by atoms with Gasteiger partial charge in [-0.3, -0.25) is 0 Å². The van der Waals surface area contributed by atoms with Gasteiger partial charge in [0.25, 0.3) is 5.89 Å². The minimum Gasteiger partial charge on any atom is -0.337 e. The number of nitrogens with one attached hydrogen (secondary N) is 2. The molecule has 1 heterocycles. The monoisotopic (exact) mass is 443 g/mol. The Bertz CT molecular complexity index is 900. The standard InChI is InChI=1S/C20H22BrN5O2/c1-26(14-15-6-3-2-4-7-15)11-10-22-20(27)23-13-18-24-19(28-25-18)16-8-5-9-17(21)12-16/h2-9,12H,10-11,13-14H2,1H3,(H2,22,23,27). The molecule has 0 saturated heterocycles. The lowest BCUT2D eigenvalue weighted by atomic mass is 10.2. The fourth-order valence-corrected chi connectivity index (χ4v) is 3.02. The Labute approximate surface area is 172 Å². The van der Waals surface area contributed by atoms with E-state index in [0.717, 1.165) is 23.1 Å². The maximum atomic E-state index is 11.9. The second kappa shape index (κ2) is 10.0. The van der Waals surface area contributed by atoms with Gasteiger partial charge >= 0.3 is 6.03 Å². The van der Waals surface area contributed by atoms with Crippen molar-refractivity contribution in [3.63, 3.8) is 0 Å². The number of carbonyl (C=O) groups is 1. The molecule has 0 bridgehead atoms. The van der Waals surface area contributed by atoms with E-state index in [1.54, 1.807) is 0 Å². The molecule has 0 saturated carbocycles. The fourth-order valence-electron chi connectivity index (χ4n) is 2.62. The summed E-state index contributed by atoms with van der Waals surface area (Å²) in [7, 11) is 2.02. The summed E-state index contributed by atoms with van der Waals surface area (Å²) in [5.41, 5.74) is 2.06. The first kappa shape index (κ1) is 20.0. The van der Waals surface area contributed by atoms with Gasteiger partial charge in [-0.1, -0.05) is 57.5 Å². The third-order valence-corrected chi connectivity index (χ3v) is 4.51. The first-order valence-electron chi connectivity index (χ1n) is 8.93. The summed E-state index contributed by atoms with van der Waals surface area (Å²) in [5.74, 6) is 0.840. The minimum absolute atomic E-state index is 0.198. The molecule has 0 fully saturated rings. The Morgan fingerprint density at radius 3 is 2.75 bits per heavy atom. The molecule has 7 nitrogen and oxygen atoms in total. The fraction of sp³-hybridized carbons (Fsp3) is 0.250. The van der Waals surface area contributed by atoms with Crippen LogP contribution < -0.4 is 10.6 Å². The van der Waals surface area contributed by atoms with E-state index < -0.39 is 0 Å². The molecule has 0 radical (unpaired) electrons. The Hall–Kier alpha value is -2.71. The number of urea groups is 1. The highest BCUT2D eigenvalue weighted by atomic mass is 79.9. The van der Waals surface area contributed by atoms with Crippen LogP contribution in [0.1, 0.15) is 11.4 Å². The van der Waals surface area contributed by atoms with E-state index in [-0.39, 0.29) is 12.6 Å². The zero-order valence-electron chi connectivity index (χ0n) is 15.6. The van der Waals surface area contributed by atoms with Crippen molar-refractivity contribution in [2.75, 3.05) is 20.1 Å². The number of halogens is 1. The normalized spacial score (nSPS) is 10.8. The first-order valence-corrected chi connectivity index (χ1v) is 9.72. The SMILES string of the molecule is CN(CCNC(=O)NCc1noc(-c2cccc(Br)c2)n1)Cc1ccccc1. The van der Waals surface area contributed by atoms with Gasteiger partial charge in [-0.15, -0.1) is 0 Å². The molecule has 0 spiro atoms. The number of nitrogens with zero attached hydrogens (tertiary/aromatic N) is 3. The number of rotatable bonds is 8. The van der Waals surface area contributed by atoms with Crippen LogP contribution in [0.4, 0.5) is 4.79 Å². The van der Waals surface area contributed by atoms with E-state index in [4.69, 9.17) is 4.52 Å². The van der Waals surface area contributed by atoms with Crippen LogP contribution >= 0.6 is 15.9 Å². The van der Waals surface area contributed by atoms with E-state index in [0.29, 0.717) is 18.3 Å². The average Bonchev–Trinajstić information content (AvgIpc) is 3.16. The van der Waals surface area contributed by atoms with Crippen molar-refractivity contribution >= 4 is 22.0 Å². The van der Waals surface area contributed by atoms with Crippen molar-refractivity contribution in [1.29, 1.82) is 0 Å². The van der Waals surface area contributed by atoms with Crippen LogP contribution in [-0.2, 0) is 13.1 Å². The van der Waals surface area contributed by atoms with Crippen molar-refractivity contribution in [2.45, 2.75) is 13.1 Å². The summed E-state index contributed by atoms with van der Waals surface area (Å²) >= 11 is 3.41. The number of hydrogen-bond acceptors (Lipinski definition) is 5. The van der Waals surface area contributed by atoms with E-state index in [9.17, 15) is 4.79 Å². The molecule has 2 amide bonds. The number of carbonyl (C=O) groups excluding carboxylic acids is 1. The molecule has 146 valence electrons. The predicted octanol–water partition coefficient (Wildman–Crippen LogP) is 3.43. The maximum absolute atomic E-state index is 11.9. The number of likely N-dealkylation sites (N-methyl/N-ethyl adjacent to an activating group) is 1. The summed E-state index contributed by atoms with van der Waals surface area (Å²) in [6.07, 6.45) is 0.